The Bertz CT molecular complexity index is 517. The predicted molar refractivity (Wildman–Crippen MR) is 84.7 cm³/mol. The maximum atomic E-state index is 5.50. The van der Waals surface area contributed by atoms with Gasteiger partial charge in [0.05, 0.1) is 12.4 Å². The Kier molecular flexibility index (Phi) is 3.29. The summed E-state index contributed by atoms with van der Waals surface area (Å²) in [5, 5.41) is 4.18. The van der Waals surface area contributed by atoms with E-state index >= 15 is 0 Å². The topological polar surface area (TPSA) is 48.2 Å². The Morgan fingerprint density at radius 2 is 1.82 bits per heavy atom. The third kappa shape index (κ3) is 2.41. The fourth-order valence-corrected chi connectivity index (χ4v) is 7.26. The van der Waals surface area contributed by atoms with Crippen LogP contribution in [0.1, 0.15) is 62.6 Å². The van der Waals surface area contributed by atoms with E-state index in [0.717, 1.165) is 54.9 Å². The van der Waals surface area contributed by atoms with Crippen molar-refractivity contribution in [1.82, 2.24) is 10.1 Å². The van der Waals surface area contributed by atoms with Gasteiger partial charge in [-0.2, -0.15) is 4.98 Å². The van der Waals surface area contributed by atoms with Gasteiger partial charge in [0.25, 0.3) is 0 Å². The summed E-state index contributed by atoms with van der Waals surface area (Å²) in [4.78, 5) is 4.63. The van der Waals surface area contributed by atoms with E-state index in [2.05, 4.69) is 21.9 Å². The van der Waals surface area contributed by atoms with Gasteiger partial charge in [-0.05, 0) is 62.7 Å². The minimum atomic E-state index is 0.349. The van der Waals surface area contributed by atoms with Crippen LogP contribution in [-0.2, 0) is 10.5 Å². The normalized spacial score (nSPS) is 43.1. The van der Waals surface area contributed by atoms with Crippen molar-refractivity contribution in [2.45, 2.75) is 61.4 Å². The van der Waals surface area contributed by atoms with Gasteiger partial charge in [0.2, 0.25) is 5.89 Å². The van der Waals surface area contributed by atoms with Crippen LogP contribution in [0.25, 0.3) is 0 Å². The lowest BCUT2D eigenvalue weighted by atomic mass is 9.56. The molecule has 120 valence electrons. The minimum absolute atomic E-state index is 0.349. The number of thioether (sulfide) groups is 1. The molecule has 6 rings (SSSR count). The molecule has 4 aliphatic carbocycles. The first-order chi connectivity index (χ1) is 10.8. The Morgan fingerprint density at radius 3 is 2.45 bits per heavy atom. The first kappa shape index (κ1) is 13.8. The number of hydrogen-bond donors (Lipinski definition) is 0. The minimum Gasteiger partial charge on any atom is -0.381 e. The second-order valence-corrected chi connectivity index (χ2v) is 9.44. The van der Waals surface area contributed by atoms with Gasteiger partial charge in [-0.3, -0.25) is 0 Å². The SMILES string of the molecule is C1C[C@H](c2noc(CSC34CC5CC(CC(C5)C3)C4)n2)CO1. The first-order valence-corrected chi connectivity index (χ1v) is 9.81. The van der Waals surface area contributed by atoms with Gasteiger partial charge in [0.1, 0.15) is 0 Å². The first-order valence-electron chi connectivity index (χ1n) is 8.82. The van der Waals surface area contributed by atoms with E-state index < -0.39 is 0 Å². The van der Waals surface area contributed by atoms with Crippen LogP contribution in [0.3, 0.4) is 0 Å². The van der Waals surface area contributed by atoms with E-state index in [1.807, 2.05) is 0 Å². The van der Waals surface area contributed by atoms with Crippen molar-refractivity contribution >= 4 is 11.8 Å². The van der Waals surface area contributed by atoms with Crippen molar-refractivity contribution in [2.75, 3.05) is 13.2 Å². The Morgan fingerprint density at radius 1 is 1.09 bits per heavy atom. The van der Waals surface area contributed by atoms with Crippen molar-refractivity contribution in [3.63, 3.8) is 0 Å². The molecule has 4 bridgehead atoms. The summed E-state index contributed by atoms with van der Waals surface area (Å²) in [6, 6.07) is 0. The van der Waals surface area contributed by atoms with Crippen LogP contribution < -0.4 is 0 Å². The number of ether oxygens (including phenoxy) is 1. The maximum Gasteiger partial charge on any atom is 0.236 e. The van der Waals surface area contributed by atoms with Gasteiger partial charge in [-0.25, -0.2) is 0 Å². The molecule has 0 amide bonds. The molecule has 5 aliphatic rings. The fourth-order valence-electron chi connectivity index (χ4n) is 5.65. The lowest BCUT2D eigenvalue weighted by Gasteiger charge is -2.56. The average Bonchev–Trinajstić information content (AvgIpc) is 3.15. The van der Waals surface area contributed by atoms with Crippen LogP contribution in [0, 0.1) is 17.8 Å². The van der Waals surface area contributed by atoms with E-state index in [4.69, 9.17) is 9.26 Å². The third-order valence-electron chi connectivity index (χ3n) is 6.26. The van der Waals surface area contributed by atoms with Crippen LogP contribution in [-0.4, -0.2) is 28.1 Å². The van der Waals surface area contributed by atoms with Crippen LogP contribution in [0.15, 0.2) is 4.52 Å². The Balaban J connectivity index is 1.25. The molecule has 0 aromatic carbocycles. The molecule has 5 heteroatoms. The van der Waals surface area contributed by atoms with E-state index in [1.165, 1.54) is 38.5 Å². The fraction of sp³-hybridized carbons (Fsp3) is 0.882. The standard InChI is InChI=1S/C17H24N2O2S/c1-2-20-9-14(1)16-18-15(21-19-16)10-22-17-6-11-3-12(7-17)5-13(4-11)8-17/h11-14H,1-10H2/t11?,12?,13?,14-,17?/m0/s1. The molecule has 4 nitrogen and oxygen atoms in total. The highest BCUT2D eigenvalue weighted by atomic mass is 32.2. The zero-order valence-corrected chi connectivity index (χ0v) is 13.8. The van der Waals surface area contributed by atoms with Gasteiger partial charge in [-0.15, -0.1) is 11.8 Å². The summed E-state index contributed by atoms with van der Waals surface area (Å²) in [6.07, 6.45) is 9.84. The second kappa shape index (κ2) is 5.23. The highest BCUT2D eigenvalue weighted by molar-refractivity contribution is 7.99. The summed E-state index contributed by atoms with van der Waals surface area (Å²) in [5.41, 5.74) is 0. The lowest BCUT2D eigenvalue weighted by molar-refractivity contribution is 0.0382. The Hall–Kier alpha value is -0.550. The number of aromatic nitrogens is 2. The number of nitrogens with zero attached hydrogens (tertiary/aromatic N) is 2. The summed E-state index contributed by atoms with van der Waals surface area (Å²) >= 11 is 2.12. The summed E-state index contributed by atoms with van der Waals surface area (Å²) in [6.45, 7) is 1.58. The molecule has 0 N–H and O–H groups in total. The Labute approximate surface area is 135 Å². The van der Waals surface area contributed by atoms with Crippen LogP contribution in [0.2, 0.25) is 0 Å². The molecule has 0 unspecified atom stereocenters. The largest absolute Gasteiger partial charge is 0.381 e. The molecule has 4 saturated carbocycles. The molecule has 1 aromatic rings. The van der Waals surface area contributed by atoms with Crippen molar-refractivity contribution < 1.29 is 9.26 Å². The molecule has 22 heavy (non-hydrogen) atoms. The average molecular weight is 320 g/mol. The monoisotopic (exact) mass is 320 g/mol. The van der Waals surface area contributed by atoms with Crippen LogP contribution in [0.5, 0.6) is 0 Å². The highest BCUT2D eigenvalue weighted by Crippen LogP contribution is 2.60. The molecular weight excluding hydrogens is 296 g/mol. The zero-order chi connectivity index (χ0) is 14.6. The van der Waals surface area contributed by atoms with Crippen molar-refractivity contribution in [1.29, 1.82) is 0 Å². The number of rotatable bonds is 4. The van der Waals surface area contributed by atoms with Gasteiger partial charge < -0.3 is 9.26 Å². The highest BCUT2D eigenvalue weighted by Gasteiger charge is 2.51. The van der Waals surface area contributed by atoms with Crippen LogP contribution >= 0.6 is 11.8 Å². The maximum absolute atomic E-state index is 5.50. The molecule has 1 aromatic heterocycles. The third-order valence-corrected chi connectivity index (χ3v) is 7.77. The van der Waals surface area contributed by atoms with E-state index in [1.54, 1.807) is 0 Å². The molecule has 1 atom stereocenters. The molecular formula is C17H24N2O2S. The molecule has 5 fully saturated rings. The molecule has 2 heterocycles. The summed E-state index contributed by atoms with van der Waals surface area (Å²) in [5.74, 6) is 5.95. The van der Waals surface area contributed by atoms with Crippen molar-refractivity contribution in [2.24, 2.45) is 17.8 Å². The molecule has 0 radical (unpaired) electrons. The van der Waals surface area contributed by atoms with Gasteiger partial charge >= 0.3 is 0 Å². The van der Waals surface area contributed by atoms with E-state index in [0.29, 0.717) is 10.7 Å². The van der Waals surface area contributed by atoms with Gasteiger partial charge in [0, 0.05) is 17.3 Å². The lowest BCUT2D eigenvalue weighted by Crippen LogP contribution is -2.48. The number of hydrogen-bond acceptors (Lipinski definition) is 5. The van der Waals surface area contributed by atoms with Gasteiger partial charge in [-0.1, -0.05) is 5.16 Å². The molecule has 0 spiro atoms. The quantitative estimate of drug-likeness (QED) is 0.845. The smallest absolute Gasteiger partial charge is 0.236 e. The van der Waals surface area contributed by atoms with Crippen molar-refractivity contribution in [3.05, 3.63) is 11.7 Å². The molecule has 1 saturated heterocycles. The summed E-state index contributed by atoms with van der Waals surface area (Å²) < 4.78 is 11.4. The van der Waals surface area contributed by atoms with E-state index in [9.17, 15) is 0 Å². The van der Waals surface area contributed by atoms with Gasteiger partial charge in [0.15, 0.2) is 5.82 Å². The predicted octanol–water partition coefficient (Wildman–Crippen LogP) is 3.78. The van der Waals surface area contributed by atoms with Crippen molar-refractivity contribution in [3.8, 4) is 0 Å². The molecule has 1 aliphatic heterocycles. The summed E-state index contributed by atoms with van der Waals surface area (Å²) in [7, 11) is 0. The zero-order valence-electron chi connectivity index (χ0n) is 13.0. The van der Waals surface area contributed by atoms with Crippen LogP contribution in [0.4, 0.5) is 0 Å². The van der Waals surface area contributed by atoms with E-state index in [-0.39, 0.29) is 0 Å². The second-order valence-electron chi connectivity index (χ2n) is 8.00.